The standard InChI is InChI=1S/C19H18IN3OS2/c1-19(2,3)17(24)23-18(25)22-13-9-8-11(20)10-12(13)16-21-14-6-4-5-7-15(14)26-16/h4-10H,1-3H3,(H2,22,23,24,25). The van der Waals surface area contributed by atoms with E-state index in [1.165, 1.54) is 0 Å². The molecule has 0 unspecified atom stereocenters. The fraction of sp³-hybridized carbons (Fsp3) is 0.211. The Morgan fingerprint density at radius 1 is 1.19 bits per heavy atom. The monoisotopic (exact) mass is 495 g/mol. The lowest BCUT2D eigenvalue weighted by Gasteiger charge is -2.19. The lowest BCUT2D eigenvalue weighted by molar-refractivity contribution is -0.126. The normalized spacial score (nSPS) is 11.4. The van der Waals surface area contributed by atoms with Crippen LogP contribution in [0.4, 0.5) is 5.69 Å². The van der Waals surface area contributed by atoms with Crippen LogP contribution in [-0.4, -0.2) is 16.0 Å². The molecular weight excluding hydrogens is 477 g/mol. The van der Waals surface area contributed by atoms with Gasteiger partial charge in [0.15, 0.2) is 5.11 Å². The first-order chi connectivity index (χ1) is 12.2. The fourth-order valence-corrected chi connectivity index (χ4v) is 3.92. The van der Waals surface area contributed by atoms with Gasteiger partial charge in [0.1, 0.15) is 5.01 Å². The molecule has 1 amide bonds. The van der Waals surface area contributed by atoms with Gasteiger partial charge in [-0.15, -0.1) is 11.3 Å². The lowest BCUT2D eigenvalue weighted by atomic mass is 9.96. The van der Waals surface area contributed by atoms with Crippen molar-refractivity contribution in [1.82, 2.24) is 10.3 Å². The third kappa shape index (κ3) is 4.39. The summed E-state index contributed by atoms with van der Waals surface area (Å²) in [5.74, 6) is -0.123. The Bertz CT molecular complexity index is 959. The molecule has 7 heteroatoms. The minimum Gasteiger partial charge on any atom is -0.332 e. The maximum absolute atomic E-state index is 12.1. The van der Waals surface area contributed by atoms with Gasteiger partial charge in [-0.3, -0.25) is 4.79 Å². The van der Waals surface area contributed by atoms with E-state index in [0.29, 0.717) is 0 Å². The topological polar surface area (TPSA) is 54.0 Å². The third-order valence-electron chi connectivity index (χ3n) is 3.66. The van der Waals surface area contributed by atoms with E-state index in [4.69, 9.17) is 17.2 Å². The van der Waals surface area contributed by atoms with Crippen molar-refractivity contribution in [3.63, 3.8) is 0 Å². The van der Waals surface area contributed by atoms with Gasteiger partial charge in [0, 0.05) is 14.5 Å². The predicted octanol–water partition coefficient (Wildman–Crippen LogP) is 5.43. The van der Waals surface area contributed by atoms with Crippen molar-refractivity contribution < 1.29 is 4.79 Å². The van der Waals surface area contributed by atoms with Crippen LogP contribution >= 0.6 is 46.1 Å². The number of hydrogen-bond donors (Lipinski definition) is 2. The van der Waals surface area contributed by atoms with Gasteiger partial charge in [-0.2, -0.15) is 0 Å². The van der Waals surface area contributed by atoms with E-state index in [0.717, 1.165) is 30.0 Å². The number of thiazole rings is 1. The largest absolute Gasteiger partial charge is 0.332 e. The van der Waals surface area contributed by atoms with Crippen molar-refractivity contribution in [3.05, 3.63) is 46.0 Å². The molecule has 4 nitrogen and oxygen atoms in total. The summed E-state index contributed by atoms with van der Waals surface area (Å²) >= 11 is 9.24. The molecule has 1 aromatic heterocycles. The summed E-state index contributed by atoms with van der Waals surface area (Å²) in [6.07, 6.45) is 0. The molecule has 134 valence electrons. The highest BCUT2D eigenvalue weighted by Crippen LogP contribution is 2.35. The molecule has 3 aromatic rings. The quantitative estimate of drug-likeness (QED) is 0.368. The molecule has 0 atom stereocenters. The number of hydrogen-bond acceptors (Lipinski definition) is 4. The zero-order valence-electron chi connectivity index (χ0n) is 14.6. The zero-order valence-corrected chi connectivity index (χ0v) is 18.4. The summed E-state index contributed by atoms with van der Waals surface area (Å²) in [6.45, 7) is 5.55. The Morgan fingerprint density at radius 3 is 2.62 bits per heavy atom. The molecule has 0 saturated carbocycles. The first-order valence-corrected chi connectivity index (χ1v) is 10.3. The van der Waals surface area contributed by atoms with Gasteiger partial charge in [-0.1, -0.05) is 32.9 Å². The molecule has 26 heavy (non-hydrogen) atoms. The molecule has 0 radical (unpaired) electrons. The van der Waals surface area contributed by atoms with Crippen molar-refractivity contribution in [2.45, 2.75) is 20.8 Å². The zero-order chi connectivity index (χ0) is 18.9. The van der Waals surface area contributed by atoms with Crippen molar-refractivity contribution in [3.8, 4) is 10.6 Å². The number of aromatic nitrogens is 1. The highest BCUT2D eigenvalue weighted by atomic mass is 127. The first kappa shape index (κ1) is 19.2. The summed E-state index contributed by atoms with van der Waals surface area (Å²) in [5, 5.41) is 7.10. The van der Waals surface area contributed by atoms with Crippen molar-refractivity contribution in [1.29, 1.82) is 0 Å². The van der Waals surface area contributed by atoms with Gasteiger partial charge in [0.25, 0.3) is 0 Å². The van der Waals surface area contributed by atoms with Gasteiger partial charge in [0.2, 0.25) is 5.91 Å². The number of benzene rings is 2. The van der Waals surface area contributed by atoms with E-state index in [1.54, 1.807) is 11.3 Å². The second-order valence-corrected chi connectivity index (χ2v) is 9.52. The Labute approximate surface area is 175 Å². The summed E-state index contributed by atoms with van der Waals surface area (Å²) in [4.78, 5) is 16.9. The van der Waals surface area contributed by atoms with E-state index >= 15 is 0 Å². The van der Waals surface area contributed by atoms with Gasteiger partial charge in [-0.25, -0.2) is 4.98 Å². The molecular formula is C19H18IN3OS2. The Balaban J connectivity index is 1.91. The second kappa shape index (κ2) is 7.58. The number of carbonyl (C=O) groups is 1. The molecule has 3 rings (SSSR count). The second-order valence-electron chi connectivity index (χ2n) is 6.83. The Kier molecular flexibility index (Phi) is 5.59. The lowest BCUT2D eigenvalue weighted by Crippen LogP contribution is -2.41. The van der Waals surface area contributed by atoms with E-state index in [1.807, 2.05) is 51.1 Å². The summed E-state index contributed by atoms with van der Waals surface area (Å²) < 4.78 is 2.24. The minimum absolute atomic E-state index is 0.123. The highest BCUT2D eigenvalue weighted by Gasteiger charge is 2.22. The minimum atomic E-state index is -0.506. The van der Waals surface area contributed by atoms with Crippen molar-refractivity contribution in [2.75, 3.05) is 5.32 Å². The Hall–Kier alpha value is -1.58. The summed E-state index contributed by atoms with van der Waals surface area (Å²) in [6, 6.07) is 14.1. The van der Waals surface area contributed by atoms with Gasteiger partial charge >= 0.3 is 0 Å². The van der Waals surface area contributed by atoms with E-state index < -0.39 is 5.41 Å². The number of carbonyl (C=O) groups excluding carboxylic acids is 1. The number of anilines is 1. The number of fused-ring (bicyclic) bond motifs is 1. The average Bonchev–Trinajstić information content (AvgIpc) is 2.99. The highest BCUT2D eigenvalue weighted by molar-refractivity contribution is 14.1. The molecule has 0 bridgehead atoms. The van der Waals surface area contributed by atoms with Crippen LogP contribution < -0.4 is 10.6 Å². The molecule has 0 aliphatic rings. The maximum atomic E-state index is 12.1. The van der Waals surface area contributed by atoms with Crippen LogP contribution in [0.2, 0.25) is 0 Å². The van der Waals surface area contributed by atoms with Crippen LogP contribution in [0.3, 0.4) is 0 Å². The summed E-state index contributed by atoms with van der Waals surface area (Å²) in [7, 11) is 0. The Morgan fingerprint density at radius 2 is 1.92 bits per heavy atom. The summed E-state index contributed by atoms with van der Waals surface area (Å²) in [5.41, 5.74) is 2.25. The van der Waals surface area contributed by atoms with Crippen LogP contribution in [0.25, 0.3) is 20.8 Å². The molecule has 2 N–H and O–H groups in total. The van der Waals surface area contributed by atoms with Crippen LogP contribution in [0.5, 0.6) is 0 Å². The number of thiocarbonyl (C=S) groups is 1. The van der Waals surface area contributed by atoms with Crippen molar-refractivity contribution >= 4 is 73.1 Å². The first-order valence-electron chi connectivity index (χ1n) is 8.02. The van der Waals surface area contributed by atoms with E-state index in [9.17, 15) is 4.79 Å². The molecule has 0 spiro atoms. The van der Waals surface area contributed by atoms with E-state index in [2.05, 4.69) is 45.4 Å². The van der Waals surface area contributed by atoms with Gasteiger partial charge in [0.05, 0.1) is 15.9 Å². The number of para-hydroxylation sites is 1. The molecule has 0 saturated heterocycles. The number of rotatable bonds is 2. The number of nitrogens with zero attached hydrogens (tertiary/aromatic N) is 1. The van der Waals surface area contributed by atoms with Gasteiger partial charge < -0.3 is 10.6 Å². The number of halogens is 1. The van der Waals surface area contributed by atoms with Crippen LogP contribution in [0, 0.1) is 8.99 Å². The van der Waals surface area contributed by atoms with Crippen LogP contribution in [0.1, 0.15) is 20.8 Å². The van der Waals surface area contributed by atoms with Crippen LogP contribution in [0.15, 0.2) is 42.5 Å². The van der Waals surface area contributed by atoms with E-state index in [-0.39, 0.29) is 11.0 Å². The number of nitrogens with one attached hydrogen (secondary N) is 2. The molecule has 0 aliphatic carbocycles. The van der Waals surface area contributed by atoms with Gasteiger partial charge in [-0.05, 0) is 65.1 Å². The SMILES string of the molecule is CC(C)(C)C(=O)NC(=S)Nc1ccc(I)cc1-c1nc2ccccc2s1. The van der Waals surface area contributed by atoms with Crippen LogP contribution in [-0.2, 0) is 4.79 Å². The maximum Gasteiger partial charge on any atom is 0.231 e. The predicted molar refractivity (Wildman–Crippen MR) is 122 cm³/mol. The fourth-order valence-electron chi connectivity index (χ4n) is 2.23. The smallest absolute Gasteiger partial charge is 0.231 e. The number of amides is 1. The van der Waals surface area contributed by atoms with Crippen molar-refractivity contribution in [2.24, 2.45) is 5.41 Å². The molecule has 2 aromatic carbocycles. The third-order valence-corrected chi connectivity index (χ3v) is 5.61. The average molecular weight is 495 g/mol. The molecule has 1 heterocycles. The molecule has 0 fully saturated rings. The molecule has 0 aliphatic heterocycles.